The zero-order valence-corrected chi connectivity index (χ0v) is 12.2. The summed E-state index contributed by atoms with van der Waals surface area (Å²) in [6, 6.07) is 0. The highest BCUT2D eigenvalue weighted by molar-refractivity contribution is 7.99. The third kappa shape index (κ3) is 2.72. The fourth-order valence-electron chi connectivity index (χ4n) is 1.50. The Hall–Kier alpha value is -2.16. The van der Waals surface area contributed by atoms with Crippen molar-refractivity contribution in [1.29, 1.82) is 0 Å². The van der Waals surface area contributed by atoms with E-state index in [4.69, 9.17) is 4.42 Å². The van der Waals surface area contributed by atoms with Gasteiger partial charge in [-0.2, -0.15) is 4.98 Å². The van der Waals surface area contributed by atoms with E-state index in [1.807, 2.05) is 6.92 Å². The summed E-state index contributed by atoms with van der Waals surface area (Å²) in [7, 11) is 1.65. The number of rotatable bonds is 4. The minimum Gasteiger partial charge on any atom is -0.436 e. The largest absolute Gasteiger partial charge is 0.436 e. The molecule has 0 aliphatic rings. The van der Waals surface area contributed by atoms with Crippen LogP contribution in [0.25, 0.3) is 0 Å². The van der Waals surface area contributed by atoms with E-state index in [1.54, 1.807) is 20.9 Å². The van der Waals surface area contributed by atoms with Gasteiger partial charge in [-0.1, -0.05) is 0 Å². The Balaban J connectivity index is 2.48. The number of nitrogens with one attached hydrogen (secondary N) is 1. The van der Waals surface area contributed by atoms with Crippen LogP contribution < -0.4 is 5.32 Å². The van der Waals surface area contributed by atoms with Gasteiger partial charge in [0, 0.05) is 7.05 Å². The maximum absolute atomic E-state index is 11.1. The highest BCUT2D eigenvalue weighted by Gasteiger charge is 2.24. The Morgan fingerprint density at radius 3 is 2.40 bits per heavy atom. The molecule has 0 atom stereocenters. The molecular weight excluding hydrogens is 282 g/mol. The molecule has 8 nitrogen and oxygen atoms in total. The molecule has 0 radical (unpaired) electrons. The second-order valence-electron chi connectivity index (χ2n) is 4.02. The second kappa shape index (κ2) is 5.45. The summed E-state index contributed by atoms with van der Waals surface area (Å²) in [5.74, 6) is 0.991. The van der Waals surface area contributed by atoms with Crippen LogP contribution in [0, 0.1) is 30.9 Å². The number of nitro groups is 1. The predicted molar refractivity (Wildman–Crippen MR) is 73.1 cm³/mol. The topological polar surface area (TPSA) is 107 Å². The van der Waals surface area contributed by atoms with Crippen LogP contribution in [-0.4, -0.2) is 26.9 Å². The molecule has 0 aliphatic carbocycles. The van der Waals surface area contributed by atoms with Crippen LogP contribution in [0.2, 0.25) is 0 Å². The summed E-state index contributed by atoms with van der Waals surface area (Å²) >= 11 is 1.01. The van der Waals surface area contributed by atoms with E-state index in [1.165, 1.54) is 0 Å². The van der Waals surface area contributed by atoms with Gasteiger partial charge in [0.05, 0.1) is 10.6 Å². The molecule has 1 N–H and O–H groups in total. The molecule has 0 saturated carbocycles. The van der Waals surface area contributed by atoms with Crippen molar-refractivity contribution in [1.82, 2.24) is 15.0 Å². The lowest BCUT2D eigenvalue weighted by Gasteiger charge is -2.05. The molecular formula is C11H13N5O3S. The number of oxazole rings is 1. The van der Waals surface area contributed by atoms with Gasteiger partial charge in [0.25, 0.3) is 5.22 Å². The fourth-order valence-corrected chi connectivity index (χ4v) is 2.47. The number of hydrogen-bond donors (Lipinski definition) is 1. The van der Waals surface area contributed by atoms with Crippen LogP contribution in [0.4, 0.5) is 11.6 Å². The Morgan fingerprint density at radius 1 is 1.20 bits per heavy atom. The lowest BCUT2D eigenvalue weighted by atomic mass is 10.4. The zero-order valence-electron chi connectivity index (χ0n) is 11.4. The maximum Gasteiger partial charge on any atom is 0.323 e. The average molecular weight is 295 g/mol. The molecule has 9 heteroatoms. The Bertz CT molecular complexity index is 651. The molecule has 0 unspecified atom stereocenters. The van der Waals surface area contributed by atoms with Crippen molar-refractivity contribution < 1.29 is 9.34 Å². The molecule has 2 rings (SSSR count). The molecule has 0 saturated heterocycles. The van der Waals surface area contributed by atoms with E-state index in [0.29, 0.717) is 16.9 Å². The van der Waals surface area contributed by atoms with Gasteiger partial charge in [0.2, 0.25) is 5.95 Å². The van der Waals surface area contributed by atoms with Crippen LogP contribution >= 0.6 is 11.8 Å². The SMILES string of the molecule is CNc1nc(C)c([N+](=O)[O-])c(Sc2nc(C)c(C)o2)n1. The standard InChI is InChI=1S/C11H13N5O3S/c1-5-7(3)19-11(14-5)20-9-8(16(17)18)6(2)13-10(12-4)15-9/h1-4H3,(H,12,13,15). The van der Waals surface area contributed by atoms with Crippen molar-refractivity contribution in [3.63, 3.8) is 0 Å². The Labute approximate surface area is 119 Å². The third-order valence-corrected chi connectivity index (χ3v) is 3.45. The summed E-state index contributed by atoms with van der Waals surface area (Å²) in [6.45, 7) is 5.16. The van der Waals surface area contributed by atoms with Crippen LogP contribution in [0.5, 0.6) is 0 Å². The first kappa shape index (κ1) is 14.3. The average Bonchev–Trinajstić information content (AvgIpc) is 2.66. The molecule has 2 aromatic heterocycles. The molecule has 0 bridgehead atoms. The van der Waals surface area contributed by atoms with Crippen LogP contribution in [0.3, 0.4) is 0 Å². The zero-order chi connectivity index (χ0) is 14.9. The van der Waals surface area contributed by atoms with Gasteiger partial charge in [0.1, 0.15) is 11.5 Å². The van der Waals surface area contributed by atoms with E-state index >= 15 is 0 Å². The molecule has 0 aromatic carbocycles. The predicted octanol–water partition coefficient (Wildman–Crippen LogP) is 2.49. The first-order valence-corrected chi connectivity index (χ1v) is 6.56. The summed E-state index contributed by atoms with van der Waals surface area (Å²) in [5.41, 5.74) is 0.897. The van der Waals surface area contributed by atoms with Crippen molar-refractivity contribution in [3.05, 3.63) is 27.3 Å². The van der Waals surface area contributed by atoms with Crippen LogP contribution in [0.15, 0.2) is 14.7 Å². The molecule has 0 spiro atoms. The van der Waals surface area contributed by atoms with E-state index in [2.05, 4.69) is 20.3 Å². The Morgan fingerprint density at radius 2 is 1.90 bits per heavy atom. The monoisotopic (exact) mass is 295 g/mol. The second-order valence-corrected chi connectivity index (χ2v) is 4.96. The third-order valence-electron chi connectivity index (χ3n) is 2.63. The summed E-state index contributed by atoms with van der Waals surface area (Å²) in [5, 5.41) is 14.4. The van der Waals surface area contributed by atoms with Crippen LogP contribution in [0.1, 0.15) is 17.1 Å². The first-order chi connectivity index (χ1) is 9.42. The number of anilines is 1. The minimum absolute atomic E-state index is 0.137. The highest BCUT2D eigenvalue weighted by atomic mass is 32.2. The molecule has 106 valence electrons. The Kier molecular flexibility index (Phi) is 3.89. The smallest absolute Gasteiger partial charge is 0.323 e. The normalized spacial score (nSPS) is 10.6. The van der Waals surface area contributed by atoms with Gasteiger partial charge in [-0.25, -0.2) is 9.97 Å². The summed E-state index contributed by atoms with van der Waals surface area (Å²) in [4.78, 5) is 22.9. The van der Waals surface area contributed by atoms with Gasteiger partial charge in [0.15, 0.2) is 5.03 Å². The van der Waals surface area contributed by atoms with Gasteiger partial charge in [-0.05, 0) is 32.5 Å². The van der Waals surface area contributed by atoms with Crippen molar-refractivity contribution in [2.24, 2.45) is 0 Å². The summed E-state index contributed by atoms with van der Waals surface area (Å²) < 4.78 is 5.41. The van der Waals surface area contributed by atoms with E-state index in [0.717, 1.165) is 17.5 Å². The van der Waals surface area contributed by atoms with Crippen molar-refractivity contribution >= 4 is 23.4 Å². The number of aromatic nitrogens is 3. The first-order valence-electron chi connectivity index (χ1n) is 5.75. The van der Waals surface area contributed by atoms with Gasteiger partial charge >= 0.3 is 5.69 Å². The van der Waals surface area contributed by atoms with E-state index in [9.17, 15) is 10.1 Å². The lowest BCUT2D eigenvalue weighted by molar-refractivity contribution is -0.389. The maximum atomic E-state index is 11.1. The van der Waals surface area contributed by atoms with Gasteiger partial charge in [-0.3, -0.25) is 10.1 Å². The lowest BCUT2D eigenvalue weighted by Crippen LogP contribution is -2.04. The van der Waals surface area contributed by atoms with E-state index in [-0.39, 0.29) is 16.4 Å². The molecule has 0 aliphatic heterocycles. The van der Waals surface area contributed by atoms with E-state index < -0.39 is 4.92 Å². The molecule has 0 amide bonds. The minimum atomic E-state index is -0.500. The van der Waals surface area contributed by atoms with Gasteiger partial charge < -0.3 is 9.73 Å². The molecule has 2 aromatic rings. The van der Waals surface area contributed by atoms with Crippen LogP contribution in [-0.2, 0) is 0 Å². The highest BCUT2D eigenvalue weighted by Crippen LogP contribution is 2.35. The van der Waals surface area contributed by atoms with Gasteiger partial charge in [-0.15, -0.1) is 0 Å². The summed E-state index contributed by atoms with van der Waals surface area (Å²) in [6.07, 6.45) is 0. The fraction of sp³-hybridized carbons (Fsp3) is 0.364. The quantitative estimate of drug-likeness (QED) is 0.520. The number of hydrogen-bond acceptors (Lipinski definition) is 8. The van der Waals surface area contributed by atoms with Crippen molar-refractivity contribution in [3.8, 4) is 0 Å². The van der Waals surface area contributed by atoms with Crippen molar-refractivity contribution in [2.75, 3.05) is 12.4 Å². The molecule has 20 heavy (non-hydrogen) atoms. The molecule has 2 heterocycles. The number of nitrogens with zero attached hydrogens (tertiary/aromatic N) is 4. The number of aryl methyl sites for hydroxylation is 3. The van der Waals surface area contributed by atoms with Crippen molar-refractivity contribution in [2.45, 2.75) is 31.0 Å². The molecule has 0 fully saturated rings.